The molecule has 0 aliphatic heterocycles. The third-order valence-electron chi connectivity index (χ3n) is 3.29. The minimum atomic E-state index is -0.606. The van der Waals surface area contributed by atoms with E-state index < -0.39 is 11.7 Å². The van der Waals surface area contributed by atoms with E-state index in [0.29, 0.717) is 5.75 Å². The molecule has 130 valence electrons. The van der Waals surface area contributed by atoms with Crippen molar-refractivity contribution in [2.75, 3.05) is 13.7 Å². The predicted molar refractivity (Wildman–Crippen MR) is 92.1 cm³/mol. The van der Waals surface area contributed by atoms with E-state index >= 15 is 0 Å². The highest BCUT2D eigenvalue weighted by Gasteiger charge is 2.10. The SMILES string of the molecule is COc1ccccc1C=NNC(=O)CCNC(=O)c1ccccc1F. The van der Waals surface area contributed by atoms with Gasteiger partial charge in [-0.15, -0.1) is 0 Å². The number of amides is 2. The summed E-state index contributed by atoms with van der Waals surface area (Å²) in [5, 5.41) is 6.33. The van der Waals surface area contributed by atoms with Gasteiger partial charge in [0.1, 0.15) is 11.6 Å². The van der Waals surface area contributed by atoms with E-state index in [0.717, 1.165) is 5.56 Å². The van der Waals surface area contributed by atoms with Crippen molar-refractivity contribution in [2.24, 2.45) is 5.10 Å². The fourth-order valence-corrected chi connectivity index (χ4v) is 2.03. The Balaban J connectivity index is 1.77. The van der Waals surface area contributed by atoms with E-state index in [1.54, 1.807) is 25.3 Å². The molecule has 6 nitrogen and oxygen atoms in total. The second kappa shape index (κ2) is 9.17. The maximum atomic E-state index is 13.4. The number of rotatable bonds is 7. The van der Waals surface area contributed by atoms with Crippen molar-refractivity contribution in [2.45, 2.75) is 6.42 Å². The third-order valence-corrected chi connectivity index (χ3v) is 3.29. The molecular formula is C18H18FN3O3. The summed E-state index contributed by atoms with van der Waals surface area (Å²) in [6.07, 6.45) is 1.48. The maximum absolute atomic E-state index is 13.4. The van der Waals surface area contributed by atoms with Gasteiger partial charge in [0, 0.05) is 18.5 Å². The quantitative estimate of drug-likeness (QED) is 0.597. The number of ether oxygens (including phenoxy) is 1. The van der Waals surface area contributed by atoms with Crippen LogP contribution in [0.5, 0.6) is 5.75 Å². The van der Waals surface area contributed by atoms with Gasteiger partial charge in [0.15, 0.2) is 0 Å². The van der Waals surface area contributed by atoms with Crippen LogP contribution in [0.2, 0.25) is 0 Å². The van der Waals surface area contributed by atoms with Gasteiger partial charge in [0.25, 0.3) is 5.91 Å². The summed E-state index contributed by atoms with van der Waals surface area (Å²) in [5.74, 6) is -0.910. The summed E-state index contributed by atoms with van der Waals surface area (Å²) in [6, 6.07) is 12.9. The molecule has 0 unspecified atom stereocenters. The molecule has 7 heteroatoms. The number of hydrogen-bond donors (Lipinski definition) is 2. The van der Waals surface area contributed by atoms with Crippen LogP contribution in [0, 0.1) is 5.82 Å². The second-order valence-electron chi connectivity index (χ2n) is 5.02. The smallest absolute Gasteiger partial charge is 0.254 e. The summed E-state index contributed by atoms with van der Waals surface area (Å²) in [7, 11) is 1.55. The molecule has 0 aliphatic rings. The van der Waals surface area contributed by atoms with Gasteiger partial charge in [0.05, 0.1) is 18.9 Å². The number of benzene rings is 2. The molecule has 0 radical (unpaired) electrons. The van der Waals surface area contributed by atoms with Gasteiger partial charge in [-0.3, -0.25) is 9.59 Å². The van der Waals surface area contributed by atoms with Crippen LogP contribution in [0.15, 0.2) is 53.6 Å². The third kappa shape index (κ3) is 5.42. The molecule has 0 fully saturated rings. The first-order chi connectivity index (χ1) is 12.1. The zero-order valence-electron chi connectivity index (χ0n) is 13.7. The van der Waals surface area contributed by atoms with Crippen LogP contribution >= 0.6 is 0 Å². The highest BCUT2D eigenvalue weighted by Crippen LogP contribution is 2.14. The minimum Gasteiger partial charge on any atom is -0.496 e. The summed E-state index contributed by atoms with van der Waals surface area (Å²) in [4.78, 5) is 23.5. The van der Waals surface area contributed by atoms with E-state index in [1.165, 1.54) is 24.4 Å². The Kier molecular flexibility index (Phi) is 6.65. The van der Waals surface area contributed by atoms with E-state index in [-0.39, 0.29) is 24.4 Å². The zero-order chi connectivity index (χ0) is 18.1. The van der Waals surface area contributed by atoms with Gasteiger partial charge >= 0.3 is 0 Å². The van der Waals surface area contributed by atoms with Crippen molar-refractivity contribution in [3.63, 3.8) is 0 Å². The zero-order valence-corrected chi connectivity index (χ0v) is 13.7. The van der Waals surface area contributed by atoms with E-state index in [9.17, 15) is 14.0 Å². The Bertz CT molecular complexity index is 778. The van der Waals surface area contributed by atoms with Gasteiger partial charge in [-0.1, -0.05) is 24.3 Å². The van der Waals surface area contributed by atoms with Gasteiger partial charge in [0.2, 0.25) is 5.91 Å². The van der Waals surface area contributed by atoms with Crippen LogP contribution < -0.4 is 15.5 Å². The Hall–Kier alpha value is -3.22. The van der Waals surface area contributed by atoms with Crippen LogP contribution in [0.1, 0.15) is 22.3 Å². The fourth-order valence-electron chi connectivity index (χ4n) is 2.03. The molecule has 0 atom stereocenters. The molecule has 2 amide bonds. The van der Waals surface area contributed by atoms with E-state index in [2.05, 4.69) is 15.8 Å². The fraction of sp³-hybridized carbons (Fsp3) is 0.167. The molecule has 25 heavy (non-hydrogen) atoms. The number of hydrazone groups is 1. The van der Waals surface area contributed by atoms with Crippen LogP contribution in [-0.2, 0) is 4.79 Å². The lowest BCUT2D eigenvalue weighted by Gasteiger charge is -2.05. The van der Waals surface area contributed by atoms with Gasteiger partial charge in [-0.05, 0) is 24.3 Å². The summed E-state index contributed by atoms with van der Waals surface area (Å²) < 4.78 is 18.6. The van der Waals surface area contributed by atoms with Crippen molar-refractivity contribution in [3.8, 4) is 5.75 Å². The molecule has 0 heterocycles. The van der Waals surface area contributed by atoms with Crippen LogP contribution in [0.3, 0.4) is 0 Å². The first-order valence-electron chi connectivity index (χ1n) is 7.59. The largest absolute Gasteiger partial charge is 0.496 e. The van der Waals surface area contributed by atoms with Crippen LogP contribution in [-0.4, -0.2) is 31.7 Å². The van der Waals surface area contributed by atoms with Gasteiger partial charge < -0.3 is 10.1 Å². The standard InChI is InChI=1S/C18H18FN3O3/c1-25-16-9-5-2-6-13(16)12-21-22-17(23)10-11-20-18(24)14-7-3-4-8-15(14)19/h2-9,12H,10-11H2,1H3,(H,20,24)(H,22,23). The second-order valence-corrected chi connectivity index (χ2v) is 5.02. The lowest BCUT2D eigenvalue weighted by atomic mass is 10.2. The monoisotopic (exact) mass is 343 g/mol. The lowest BCUT2D eigenvalue weighted by Crippen LogP contribution is -2.29. The number of carbonyl (C=O) groups excluding carboxylic acids is 2. The maximum Gasteiger partial charge on any atom is 0.254 e. The van der Waals surface area contributed by atoms with Crippen molar-refractivity contribution < 1.29 is 18.7 Å². The number of para-hydroxylation sites is 1. The minimum absolute atomic E-state index is 0.0173. The normalized spacial score (nSPS) is 10.5. The Morgan fingerprint density at radius 3 is 2.64 bits per heavy atom. The summed E-state index contributed by atoms with van der Waals surface area (Å²) in [6.45, 7) is 0.0726. The molecular weight excluding hydrogens is 325 g/mol. The van der Waals surface area contributed by atoms with Crippen LogP contribution in [0.4, 0.5) is 4.39 Å². The Labute approximate surface area is 144 Å². The molecule has 2 aromatic carbocycles. The molecule has 0 aliphatic carbocycles. The van der Waals surface area contributed by atoms with Crippen molar-refractivity contribution in [1.82, 2.24) is 10.7 Å². The highest BCUT2D eigenvalue weighted by atomic mass is 19.1. The summed E-state index contributed by atoms with van der Waals surface area (Å²) in [5.41, 5.74) is 3.02. The number of nitrogens with zero attached hydrogens (tertiary/aromatic N) is 1. The average molecular weight is 343 g/mol. The first-order valence-corrected chi connectivity index (χ1v) is 7.59. The summed E-state index contributed by atoms with van der Waals surface area (Å²) >= 11 is 0. The molecule has 0 aromatic heterocycles. The number of nitrogens with one attached hydrogen (secondary N) is 2. The highest BCUT2D eigenvalue weighted by molar-refractivity contribution is 5.94. The molecule has 0 saturated heterocycles. The first kappa shape index (κ1) is 18.1. The average Bonchev–Trinajstić information content (AvgIpc) is 2.62. The van der Waals surface area contributed by atoms with E-state index in [4.69, 9.17) is 4.74 Å². The molecule has 0 saturated carbocycles. The Morgan fingerprint density at radius 1 is 1.16 bits per heavy atom. The van der Waals surface area contributed by atoms with Crippen molar-refractivity contribution in [1.29, 1.82) is 0 Å². The molecule has 2 aromatic rings. The Morgan fingerprint density at radius 2 is 1.88 bits per heavy atom. The predicted octanol–water partition coefficient (Wildman–Crippen LogP) is 2.10. The van der Waals surface area contributed by atoms with Crippen molar-refractivity contribution in [3.05, 3.63) is 65.5 Å². The molecule has 0 bridgehead atoms. The van der Waals surface area contributed by atoms with Crippen LogP contribution in [0.25, 0.3) is 0 Å². The topological polar surface area (TPSA) is 79.8 Å². The molecule has 2 N–H and O–H groups in total. The van der Waals surface area contributed by atoms with Crippen molar-refractivity contribution >= 4 is 18.0 Å². The number of methoxy groups -OCH3 is 1. The van der Waals surface area contributed by atoms with E-state index in [1.807, 2.05) is 12.1 Å². The number of halogens is 1. The number of carbonyl (C=O) groups is 2. The van der Waals surface area contributed by atoms with Gasteiger partial charge in [-0.25, -0.2) is 9.82 Å². The molecule has 0 spiro atoms. The number of hydrogen-bond acceptors (Lipinski definition) is 4. The lowest BCUT2D eigenvalue weighted by molar-refractivity contribution is -0.120. The van der Waals surface area contributed by atoms with Gasteiger partial charge in [-0.2, -0.15) is 5.10 Å². The molecule has 2 rings (SSSR count).